The minimum absolute atomic E-state index is 0.0216. The third-order valence-corrected chi connectivity index (χ3v) is 2.22. The highest BCUT2D eigenvalue weighted by Gasteiger charge is 2.18. The lowest BCUT2D eigenvalue weighted by Gasteiger charge is -2.22. The van der Waals surface area contributed by atoms with Crippen molar-refractivity contribution in [1.29, 1.82) is 0 Å². The fraction of sp³-hybridized carbons (Fsp3) is 0.833. The summed E-state index contributed by atoms with van der Waals surface area (Å²) in [6.45, 7) is 5.79. The molecule has 0 aliphatic heterocycles. The van der Waals surface area contributed by atoms with E-state index in [1.807, 2.05) is 20.8 Å². The summed E-state index contributed by atoms with van der Waals surface area (Å²) < 4.78 is 1.01. The molecule has 0 aromatic carbocycles. The summed E-state index contributed by atoms with van der Waals surface area (Å²) in [5.41, 5.74) is 0. The molecule has 0 bridgehead atoms. The first-order valence-corrected chi connectivity index (χ1v) is 3.83. The molecule has 2 nitrogen and oxygen atoms in total. The van der Waals surface area contributed by atoms with Gasteiger partial charge in [-0.05, 0) is 24.4 Å². The zero-order chi connectivity index (χ0) is 8.31. The molecule has 4 heteroatoms. The van der Waals surface area contributed by atoms with E-state index in [4.69, 9.17) is 23.4 Å². The average Bonchev–Trinajstić information content (AvgIpc) is 1.84. The van der Waals surface area contributed by atoms with Crippen molar-refractivity contribution in [2.24, 2.45) is 5.92 Å². The molecule has 0 rings (SSSR count). The topological polar surface area (TPSA) is 20.3 Å². The fourth-order valence-electron chi connectivity index (χ4n) is 0.422. The maximum absolute atomic E-state index is 10.4. The fourth-order valence-corrected chi connectivity index (χ4v) is 0.801. The van der Waals surface area contributed by atoms with Gasteiger partial charge in [0.15, 0.2) is 0 Å². The van der Waals surface area contributed by atoms with Gasteiger partial charge in [0, 0.05) is 17.8 Å². The summed E-state index contributed by atoms with van der Waals surface area (Å²) in [5, 5.41) is -0.622. The van der Waals surface area contributed by atoms with Gasteiger partial charge in [-0.25, -0.2) is 4.42 Å². The average molecular weight is 184 g/mol. The quantitative estimate of drug-likeness (QED) is 0.367. The van der Waals surface area contributed by atoms with E-state index in [2.05, 4.69) is 0 Å². The molecule has 1 amide bonds. The molecule has 0 aliphatic carbocycles. The predicted octanol–water partition coefficient (Wildman–Crippen LogP) is 2.85. The maximum atomic E-state index is 10.4. The number of rotatable bonds is 2. The standard InChI is InChI=1S/C6H11Cl2NO/c1-4(2)5(3)9(8)6(7)10/h4-5H,1-3H3. The van der Waals surface area contributed by atoms with E-state index in [-0.39, 0.29) is 6.04 Å². The Labute approximate surface area is 71.2 Å². The molecule has 0 aromatic heterocycles. The number of nitrogens with zero attached hydrogens (tertiary/aromatic N) is 1. The highest BCUT2D eigenvalue weighted by Crippen LogP contribution is 2.14. The van der Waals surface area contributed by atoms with Gasteiger partial charge < -0.3 is 0 Å². The van der Waals surface area contributed by atoms with Crippen LogP contribution < -0.4 is 0 Å². The smallest absolute Gasteiger partial charge is 0.254 e. The molecular formula is C6H11Cl2NO. The molecule has 0 fully saturated rings. The van der Waals surface area contributed by atoms with Gasteiger partial charge in [-0.1, -0.05) is 13.8 Å². The summed E-state index contributed by atoms with van der Waals surface area (Å²) in [4.78, 5) is 10.4. The number of carbonyl (C=O) groups excluding carboxylic acids is 1. The van der Waals surface area contributed by atoms with Crippen LogP contribution in [0.4, 0.5) is 4.79 Å². The number of halogens is 2. The molecule has 1 atom stereocenters. The van der Waals surface area contributed by atoms with E-state index in [0.29, 0.717) is 5.92 Å². The van der Waals surface area contributed by atoms with Crippen LogP contribution in [0.15, 0.2) is 0 Å². The van der Waals surface area contributed by atoms with Crippen LogP contribution in [0.3, 0.4) is 0 Å². The lowest BCUT2D eigenvalue weighted by molar-refractivity contribution is 0.229. The second kappa shape index (κ2) is 4.04. The molecule has 0 aliphatic rings. The second-order valence-corrected chi connectivity index (χ2v) is 3.24. The van der Waals surface area contributed by atoms with Crippen LogP contribution >= 0.6 is 23.4 Å². The van der Waals surface area contributed by atoms with Gasteiger partial charge in [-0.2, -0.15) is 0 Å². The molecule has 10 heavy (non-hydrogen) atoms. The van der Waals surface area contributed by atoms with Crippen molar-refractivity contribution >= 4 is 28.7 Å². The second-order valence-electron chi connectivity index (χ2n) is 2.55. The Morgan fingerprint density at radius 2 is 1.80 bits per heavy atom. The van der Waals surface area contributed by atoms with Crippen LogP contribution in [0.5, 0.6) is 0 Å². The largest absolute Gasteiger partial charge is 0.331 e. The summed E-state index contributed by atoms with van der Waals surface area (Å²) >= 11 is 10.6. The lowest BCUT2D eigenvalue weighted by Crippen LogP contribution is -2.30. The normalized spacial score (nSPS) is 13.4. The number of carbonyl (C=O) groups is 1. The van der Waals surface area contributed by atoms with Crippen LogP contribution in [0.25, 0.3) is 0 Å². The van der Waals surface area contributed by atoms with Crippen molar-refractivity contribution in [3.63, 3.8) is 0 Å². The summed E-state index contributed by atoms with van der Waals surface area (Å²) in [6.07, 6.45) is 0. The molecule has 0 radical (unpaired) electrons. The lowest BCUT2D eigenvalue weighted by atomic mass is 10.1. The third-order valence-electron chi connectivity index (χ3n) is 1.49. The van der Waals surface area contributed by atoms with Crippen LogP contribution in [0.2, 0.25) is 0 Å². The number of amides is 1. The van der Waals surface area contributed by atoms with Gasteiger partial charge in [0.25, 0.3) is 0 Å². The van der Waals surface area contributed by atoms with Gasteiger partial charge >= 0.3 is 5.37 Å². The van der Waals surface area contributed by atoms with Crippen molar-refractivity contribution in [2.45, 2.75) is 26.8 Å². The van der Waals surface area contributed by atoms with Crippen molar-refractivity contribution in [2.75, 3.05) is 0 Å². The molecular weight excluding hydrogens is 173 g/mol. The van der Waals surface area contributed by atoms with Crippen molar-refractivity contribution in [1.82, 2.24) is 4.42 Å². The van der Waals surface area contributed by atoms with Crippen LogP contribution in [0.1, 0.15) is 20.8 Å². The van der Waals surface area contributed by atoms with Crippen molar-refractivity contribution < 1.29 is 4.79 Å². The summed E-state index contributed by atoms with van der Waals surface area (Å²) in [5.74, 6) is 0.320. The van der Waals surface area contributed by atoms with Gasteiger partial charge in [0.1, 0.15) is 0 Å². The van der Waals surface area contributed by atoms with Gasteiger partial charge in [0.05, 0.1) is 0 Å². The van der Waals surface area contributed by atoms with Crippen molar-refractivity contribution in [3.05, 3.63) is 0 Å². The van der Waals surface area contributed by atoms with E-state index >= 15 is 0 Å². The zero-order valence-corrected chi connectivity index (χ0v) is 7.78. The first-order valence-electron chi connectivity index (χ1n) is 3.11. The number of hydrogen-bond donors (Lipinski definition) is 0. The predicted molar refractivity (Wildman–Crippen MR) is 43.2 cm³/mol. The Balaban J connectivity index is 3.94. The van der Waals surface area contributed by atoms with Crippen LogP contribution in [-0.2, 0) is 0 Å². The first kappa shape index (κ1) is 10.0. The minimum atomic E-state index is -0.622. The SMILES string of the molecule is CC(C)C(C)N(Cl)C(=O)Cl. The van der Waals surface area contributed by atoms with Gasteiger partial charge in [-0.3, -0.25) is 4.79 Å². The molecule has 0 spiro atoms. The van der Waals surface area contributed by atoms with Crippen LogP contribution in [-0.4, -0.2) is 15.8 Å². The molecule has 0 heterocycles. The Morgan fingerprint density at radius 3 is 1.90 bits per heavy atom. The Bertz CT molecular complexity index is 127. The summed E-state index contributed by atoms with van der Waals surface area (Å²) in [7, 11) is 0. The zero-order valence-electron chi connectivity index (χ0n) is 6.27. The molecule has 0 N–H and O–H groups in total. The van der Waals surface area contributed by atoms with E-state index in [9.17, 15) is 4.79 Å². The minimum Gasteiger partial charge on any atom is -0.254 e. The monoisotopic (exact) mass is 183 g/mol. The van der Waals surface area contributed by atoms with Crippen molar-refractivity contribution in [3.8, 4) is 0 Å². The maximum Gasteiger partial charge on any atom is 0.331 e. The van der Waals surface area contributed by atoms with E-state index < -0.39 is 5.37 Å². The molecule has 60 valence electrons. The molecule has 1 unspecified atom stereocenters. The third kappa shape index (κ3) is 2.76. The molecule has 0 saturated heterocycles. The first-order chi connectivity index (χ1) is 4.46. The van der Waals surface area contributed by atoms with E-state index in [0.717, 1.165) is 4.42 Å². The van der Waals surface area contributed by atoms with E-state index in [1.165, 1.54) is 0 Å². The highest BCUT2D eigenvalue weighted by atomic mass is 35.5. The Kier molecular flexibility index (Phi) is 4.06. The van der Waals surface area contributed by atoms with Gasteiger partial charge in [-0.15, -0.1) is 0 Å². The van der Waals surface area contributed by atoms with Gasteiger partial charge in [0.2, 0.25) is 0 Å². The molecule has 0 aromatic rings. The number of hydrogen-bond acceptors (Lipinski definition) is 1. The molecule has 0 saturated carbocycles. The van der Waals surface area contributed by atoms with E-state index in [1.54, 1.807) is 0 Å². The Morgan fingerprint density at radius 1 is 1.40 bits per heavy atom. The van der Waals surface area contributed by atoms with Crippen LogP contribution in [0, 0.1) is 5.92 Å². The highest BCUT2D eigenvalue weighted by molar-refractivity contribution is 6.65. The summed E-state index contributed by atoms with van der Waals surface area (Å²) in [6, 6.07) is -0.0216. The Hall–Kier alpha value is 0.0500.